The first-order valence-corrected chi connectivity index (χ1v) is 8.46. The van der Waals surface area contributed by atoms with Crippen molar-refractivity contribution in [3.63, 3.8) is 0 Å². The zero-order chi connectivity index (χ0) is 16.7. The van der Waals surface area contributed by atoms with Crippen molar-refractivity contribution in [1.29, 1.82) is 0 Å². The molecule has 0 radical (unpaired) electrons. The highest BCUT2D eigenvalue weighted by Crippen LogP contribution is 2.19. The number of amides is 2. The number of urea groups is 1. The predicted octanol–water partition coefficient (Wildman–Crippen LogP) is 3.24. The molecule has 0 fully saturated rings. The molecule has 2 rings (SSSR count). The number of ether oxygens (including phenoxy) is 1. The lowest BCUT2D eigenvalue weighted by molar-refractivity contribution is 0.176. The minimum absolute atomic E-state index is 0.135. The van der Waals surface area contributed by atoms with E-state index in [4.69, 9.17) is 4.74 Å². The minimum Gasteiger partial charge on any atom is -0.494 e. The Morgan fingerprint density at radius 1 is 1.30 bits per heavy atom. The molecule has 1 heterocycles. The van der Waals surface area contributed by atoms with Crippen LogP contribution in [-0.4, -0.2) is 24.3 Å². The lowest BCUT2D eigenvalue weighted by Crippen LogP contribution is -2.38. The van der Waals surface area contributed by atoms with Crippen molar-refractivity contribution in [2.45, 2.75) is 26.0 Å². The third-order valence-electron chi connectivity index (χ3n) is 3.37. The zero-order valence-electron chi connectivity index (χ0n) is 13.3. The summed E-state index contributed by atoms with van der Waals surface area (Å²) in [5, 5.41) is 17.4. The molecular weight excluding hydrogens is 312 g/mol. The van der Waals surface area contributed by atoms with Crippen LogP contribution in [0.15, 0.2) is 41.8 Å². The molecule has 0 saturated carbocycles. The van der Waals surface area contributed by atoms with E-state index >= 15 is 0 Å². The second-order valence-electron chi connectivity index (χ2n) is 5.11. The van der Waals surface area contributed by atoms with Gasteiger partial charge in [0.05, 0.1) is 19.2 Å². The average Bonchev–Trinajstić information content (AvgIpc) is 3.08. The average molecular weight is 334 g/mol. The second kappa shape index (κ2) is 8.55. The van der Waals surface area contributed by atoms with Crippen LogP contribution < -0.4 is 15.4 Å². The molecule has 2 amide bonds. The Morgan fingerprint density at radius 3 is 2.65 bits per heavy atom. The Morgan fingerprint density at radius 2 is 2.04 bits per heavy atom. The monoisotopic (exact) mass is 334 g/mol. The standard InChI is InChI=1S/C17H22N2O3S/c1-3-22-14-8-6-13(7-9-14)12(2)19-17(21)18-11-15(20)16-5-4-10-23-16/h4-10,12,15,20H,3,11H2,1-2H3,(H2,18,19,21)/t12-,15+/m0/s1. The molecule has 0 spiro atoms. The number of hydrogen-bond donors (Lipinski definition) is 3. The van der Waals surface area contributed by atoms with Crippen LogP contribution in [-0.2, 0) is 0 Å². The van der Waals surface area contributed by atoms with Gasteiger partial charge in [0.25, 0.3) is 0 Å². The van der Waals surface area contributed by atoms with E-state index in [1.54, 1.807) is 0 Å². The summed E-state index contributed by atoms with van der Waals surface area (Å²) < 4.78 is 5.40. The van der Waals surface area contributed by atoms with Crippen molar-refractivity contribution in [2.75, 3.05) is 13.2 Å². The smallest absolute Gasteiger partial charge is 0.315 e. The van der Waals surface area contributed by atoms with Crippen molar-refractivity contribution in [2.24, 2.45) is 0 Å². The summed E-state index contributed by atoms with van der Waals surface area (Å²) >= 11 is 1.47. The van der Waals surface area contributed by atoms with Crippen LogP contribution >= 0.6 is 11.3 Å². The van der Waals surface area contributed by atoms with Gasteiger partial charge in [-0.2, -0.15) is 0 Å². The topological polar surface area (TPSA) is 70.6 Å². The molecule has 23 heavy (non-hydrogen) atoms. The van der Waals surface area contributed by atoms with Gasteiger partial charge in [-0.3, -0.25) is 0 Å². The summed E-state index contributed by atoms with van der Waals surface area (Å²) in [5.41, 5.74) is 0.988. The predicted molar refractivity (Wildman–Crippen MR) is 91.8 cm³/mol. The number of aliphatic hydroxyl groups is 1. The highest BCUT2D eigenvalue weighted by Gasteiger charge is 2.12. The van der Waals surface area contributed by atoms with E-state index in [-0.39, 0.29) is 18.6 Å². The highest BCUT2D eigenvalue weighted by molar-refractivity contribution is 7.10. The SMILES string of the molecule is CCOc1ccc([C@H](C)NC(=O)NC[C@@H](O)c2cccs2)cc1. The van der Waals surface area contributed by atoms with Gasteiger partial charge in [0.2, 0.25) is 0 Å². The molecule has 3 N–H and O–H groups in total. The zero-order valence-corrected chi connectivity index (χ0v) is 14.1. The number of nitrogens with one attached hydrogen (secondary N) is 2. The normalized spacial score (nSPS) is 13.2. The Labute approximate surface area is 140 Å². The molecule has 0 aliphatic heterocycles. The molecule has 0 aliphatic carbocycles. The largest absolute Gasteiger partial charge is 0.494 e. The molecule has 6 heteroatoms. The van der Waals surface area contributed by atoms with Gasteiger partial charge in [-0.1, -0.05) is 18.2 Å². The fourth-order valence-corrected chi connectivity index (χ4v) is 2.83. The van der Waals surface area contributed by atoms with Gasteiger partial charge in [0, 0.05) is 4.88 Å². The van der Waals surface area contributed by atoms with Crippen LogP contribution in [0.2, 0.25) is 0 Å². The number of aliphatic hydroxyl groups excluding tert-OH is 1. The number of hydrogen-bond acceptors (Lipinski definition) is 4. The molecule has 0 aliphatic rings. The van der Waals surface area contributed by atoms with E-state index in [1.165, 1.54) is 11.3 Å². The van der Waals surface area contributed by atoms with E-state index in [9.17, 15) is 9.90 Å². The summed E-state index contributed by atoms with van der Waals surface area (Å²) in [7, 11) is 0. The van der Waals surface area contributed by atoms with Crippen molar-refractivity contribution in [1.82, 2.24) is 10.6 Å². The molecule has 1 aromatic carbocycles. The lowest BCUT2D eigenvalue weighted by Gasteiger charge is -2.16. The molecule has 0 saturated heterocycles. The van der Waals surface area contributed by atoms with Gasteiger partial charge in [-0.15, -0.1) is 11.3 Å². The maximum absolute atomic E-state index is 11.9. The van der Waals surface area contributed by atoms with Gasteiger partial charge < -0.3 is 20.5 Å². The number of carbonyl (C=O) groups is 1. The maximum atomic E-state index is 11.9. The van der Waals surface area contributed by atoms with Gasteiger partial charge in [-0.05, 0) is 43.0 Å². The highest BCUT2D eigenvalue weighted by atomic mass is 32.1. The van der Waals surface area contributed by atoms with Crippen LogP contribution in [0, 0.1) is 0 Å². The van der Waals surface area contributed by atoms with E-state index in [0.717, 1.165) is 16.2 Å². The number of thiophene rings is 1. The Hall–Kier alpha value is -2.05. The first-order chi connectivity index (χ1) is 11.1. The molecular formula is C17H22N2O3S. The fourth-order valence-electron chi connectivity index (χ4n) is 2.12. The maximum Gasteiger partial charge on any atom is 0.315 e. The van der Waals surface area contributed by atoms with Crippen LogP contribution in [0.1, 0.15) is 36.4 Å². The quantitative estimate of drug-likeness (QED) is 0.728. The van der Waals surface area contributed by atoms with E-state index in [0.29, 0.717) is 6.61 Å². The van der Waals surface area contributed by atoms with Gasteiger partial charge in [0.15, 0.2) is 0 Å². The molecule has 0 unspecified atom stereocenters. The van der Waals surface area contributed by atoms with Gasteiger partial charge >= 0.3 is 6.03 Å². The summed E-state index contributed by atoms with van der Waals surface area (Å²) in [5.74, 6) is 0.812. The van der Waals surface area contributed by atoms with Crippen LogP contribution in [0.3, 0.4) is 0 Å². The van der Waals surface area contributed by atoms with E-state index in [2.05, 4.69) is 10.6 Å². The molecule has 2 aromatic rings. The van der Waals surface area contributed by atoms with Crippen LogP contribution in [0.4, 0.5) is 4.79 Å². The Balaban J connectivity index is 1.79. The first kappa shape index (κ1) is 17.3. The minimum atomic E-state index is -0.679. The van der Waals surface area contributed by atoms with E-state index in [1.807, 2.05) is 55.6 Å². The van der Waals surface area contributed by atoms with Crippen LogP contribution in [0.5, 0.6) is 5.75 Å². The van der Waals surface area contributed by atoms with Crippen molar-refractivity contribution < 1.29 is 14.6 Å². The molecule has 1 aromatic heterocycles. The van der Waals surface area contributed by atoms with Crippen molar-refractivity contribution in [3.05, 3.63) is 52.2 Å². The van der Waals surface area contributed by atoms with Crippen molar-refractivity contribution in [3.8, 4) is 5.75 Å². The third-order valence-corrected chi connectivity index (χ3v) is 4.34. The summed E-state index contributed by atoms with van der Waals surface area (Å²) in [4.78, 5) is 12.8. The second-order valence-corrected chi connectivity index (χ2v) is 6.09. The lowest BCUT2D eigenvalue weighted by atomic mass is 10.1. The van der Waals surface area contributed by atoms with Gasteiger partial charge in [0.1, 0.15) is 11.9 Å². The van der Waals surface area contributed by atoms with Gasteiger partial charge in [-0.25, -0.2) is 4.79 Å². The molecule has 5 nitrogen and oxygen atoms in total. The molecule has 2 atom stereocenters. The van der Waals surface area contributed by atoms with E-state index < -0.39 is 6.10 Å². The summed E-state index contributed by atoms with van der Waals surface area (Å²) in [6.07, 6.45) is -0.679. The first-order valence-electron chi connectivity index (χ1n) is 7.58. The van der Waals surface area contributed by atoms with Crippen molar-refractivity contribution >= 4 is 17.4 Å². The Kier molecular flexibility index (Phi) is 6.43. The molecule has 0 bridgehead atoms. The number of carbonyl (C=O) groups excluding carboxylic acids is 1. The summed E-state index contributed by atoms with van der Waals surface area (Å²) in [6.45, 7) is 4.66. The number of benzene rings is 1. The fraction of sp³-hybridized carbons (Fsp3) is 0.353. The summed E-state index contributed by atoms with van der Waals surface area (Å²) in [6, 6.07) is 10.9. The van der Waals surface area contributed by atoms with Crippen LogP contribution in [0.25, 0.3) is 0 Å². The number of rotatable bonds is 7. The molecule has 124 valence electrons. The third kappa shape index (κ3) is 5.26. The Bertz CT molecular complexity index is 599.